The highest BCUT2D eigenvalue weighted by atomic mass is 35.5. The summed E-state index contributed by atoms with van der Waals surface area (Å²) in [6, 6.07) is 1.05. The number of nitro groups is 1. The first-order chi connectivity index (χ1) is 8.83. The maximum Gasteiger partial charge on any atom is 0.300 e. The normalized spacial score (nSPS) is 11.2. The summed E-state index contributed by atoms with van der Waals surface area (Å²) in [6.45, 7) is 0.337. The third-order valence-electron chi connectivity index (χ3n) is 2.40. The molecule has 1 amide bonds. The predicted octanol–water partition coefficient (Wildman–Crippen LogP) is 0.116. The lowest BCUT2D eigenvalue weighted by atomic mass is 10.0. The van der Waals surface area contributed by atoms with E-state index < -0.39 is 35.3 Å². The first kappa shape index (κ1) is 15.3. The van der Waals surface area contributed by atoms with Crippen molar-refractivity contribution in [1.82, 2.24) is 10.3 Å². The predicted molar refractivity (Wildman–Crippen MR) is 65.9 cm³/mol. The van der Waals surface area contributed by atoms with E-state index in [1.54, 1.807) is 0 Å². The lowest BCUT2D eigenvalue weighted by Crippen LogP contribution is -2.51. The Morgan fingerprint density at radius 1 is 1.58 bits per heavy atom. The summed E-state index contributed by atoms with van der Waals surface area (Å²) in [7, 11) is 0. The third kappa shape index (κ3) is 3.60. The third-order valence-corrected chi connectivity index (χ3v) is 2.61. The molecule has 8 nitrogen and oxygen atoms in total. The van der Waals surface area contributed by atoms with Crippen LogP contribution in [0.2, 0.25) is 5.15 Å². The molecule has 1 heterocycles. The molecule has 0 aliphatic heterocycles. The Bertz CT molecular complexity index is 504. The van der Waals surface area contributed by atoms with Gasteiger partial charge in [0.15, 0.2) is 0 Å². The van der Waals surface area contributed by atoms with E-state index in [9.17, 15) is 14.9 Å². The number of hydrogen-bond donors (Lipinski definition) is 3. The number of aromatic nitrogens is 1. The fourth-order valence-electron chi connectivity index (χ4n) is 1.22. The molecule has 0 aliphatic carbocycles. The number of pyridine rings is 1. The molecule has 0 saturated carbocycles. The fraction of sp³-hybridized carbons (Fsp3) is 0.400. The van der Waals surface area contributed by atoms with Crippen molar-refractivity contribution in [3.63, 3.8) is 0 Å². The highest BCUT2D eigenvalue weighted by molar-refractivity contribution is 6.29. The zero-order valence-corrected chi connectivity index (χ0v) is 10.7. The summed E-state index contributed by atoms with van der Waals surface area (Å²) >= 11 is 5.59. The number of nitrogens with one attached hydrogen (secondary N) is 1. The molecular weight excluding hydrogens is 278 g/mol. The van der Waals surface area contributed by atoms with Crippen molar-refractivity contribution in [1.29, 1.82) is 0 Å². The van der Waals surface area contributed by atoms with Gasteiger partial charge in [-0.3, -0.25) is 14.9 Å². The van der Waals surface area contributed by atoms with Gasteiger partial charge >= 0.3 is 0 Å². The number of aliphatic hydroxyl groups excluding tert-OH is 2. The van der Waals surface area contributed by atoms with E-state index in [4.69, 9.17) is 21.8 Å². The van der Waals surface area contributed by atoms with Crippen LogP contribution in [-0.4, -0.2) is 44.8 Å². The second-order valence-electron chi connectivity index (χ2n) is 4.11. The van der Waals surface area contributed by atoms with Gasteiger partial charge in [-0.2, -0.15) is 0 Å². The van der Waals surface area contributed by atoms with Gasteiger partial charge < -0.3 is 15.5 Å². The molecular formula is C10H12ClN3O5. The molecule has 0 unspecified atom stereocenters. The van der Waals surface area contributed by atoms with E-state index in [1.165, 1.54) is 6.92 Å². The Morgan fingerprint density at radius 3 is 2.63 bits per heavy atom. The van der Waals surface area contributed by atoms with E-state index in [0.717, 1.165) is 12.3 Å². The molecule has 1 aromatic heterocycles. The van der Waals surface area contributed by atoms with E-state index in [2.05, 4.69) is 10.3 Å². The molecule has 3 N–H and O–H groups in total. The van der Waals surface area contributed by atoms with Crippen LogP contribution in [0.5, 0.6) is 0 Å². The number of amides is 1. The molecule has 0 fully saturated rings. The summed E-state index contributed by atoms with van der Waals surface area (Å²) < 4.78 is 0. The van der Waals surface area contributed by atoms with Crippen LogP contribution in [0, 0.1) is 10.1 Å². The van der Waals surface area contributed by atoms with Crippen molar-refractivity contribution in [2.45, 2.75) is 12.5 Å². The number of carbonyl (C=O) groups is 1. The minimum atomic E-state index is -1.29. The fourth-order valence-corrected chi connectivity index (χ4v) is 1.38. The topological polar surface area (TPSA) is 126 Å². The quantitative estimate of drug-likeness (QED) is 0.401. The average molecular weight is 290 g/mol. The van der Waals surface area contributed by atoms with Crippen LogP contribution >= 0.6 is 11.6 Å². The van der Waals surface area contributed by atoms with Crippen molar-refractivity contribution in [3.05, 3.63) is 33.1 Å². The molecule has 0 bridgehead atoms. The molecule has 19 heavy (non-hydrogen) atoms. The minimum absolute atomic E-state index is 0.0783. The van der Waals surface area contributed by atoms with E-state index in [0.29, 0.717) is 0 Å². The lowest BCUT2D eigenvalue weighted by Gasteiger charge is -2.26. The molecule has 0 aliphatic rings. The van der Waals surface area contributed by atoms with Crippen molar-refractivity contribution in [2.75, 3.05) is 13.2 Å². The Labute approximate surface area is 113 Å². The van der Waals surface area contributed by atoms with E-state index >= 15 is 0 Å². The van der Waals surface area contributed by atoms with Crippen LogP contribution < -0.4 is 5.32 Å². The average Bonchev–Trinajstić information content (AvgIpc) is 2.38. The molecule has 1 rings (SSSR count). The standard InChI is InChI=1S/C10H12ClN3O5/c1-10(4-15,5-16)13-9(17)6-2-8(11)12-3-7(6)14(18)19/h2-3,15-16H,4-5H2,1H3,(H,13,17). The molecule has 1 aromatic rings. The van der Waals surface area contributed by atoms with Gasteiger partial charge in [0.25, 0.3) is 11.6 Å². The minimum Gasteiger partial charge on any atom is -0.394 e. The van der Waals surface area contributed by atoms with Gasteiger partial charge in [-0.1, -0.05) is 11.6 Å². The molecule has 0 spiro atoms. The largest absolute Gasteiger partial charge is 0.394 e. The Hall–Kier alpha value is -1.77. The van der Waals surface area contributed by atoms with Crippen molar-refractivity contribution < 1.29 is 19.9 Å². The number of carbonyl (C=O) groups excluding carboxylic acids is 1. The van der Waals surface area contributed by atoms with Gasteiger partial charge in [-0.05, 0) is 13.0 Å². The number of halogens is 1. The number of rotatable bonds is 5. The van der Waals surface area contributed by atoms with Gasteiger partial charge in [0.1, 0.15) is 16.9 Å². The van der Waals surface area contributed by atoms with Gasteiger partial charge in [0.2, 0.25) is 0 Å². The van der Waals surface area contributed by atoms with Gasteiger partial charge in [-0.15, -0.1) is 0 Å². The summed E-state index contributed by atoms with van der Waals surface area (Å²) in [4.78, 5) is 25.5. The van der Waals surface area contributed by atoms with E-state index in [1.807, 2.05) is 0 Å². The first-order valence-corrected chi connectivity index (χ1v) is 5.55. The van der Waals surface area contributed by atoms with Crippen LogP contribution in [0.4, 0.5) is 5.69 Å². The highest BCUT2D eigenvalue weighted by Gasteiger charge is 2.29. The molecule has 0 aromatic carbocycles. The van der Waals surface area contributed by atoms with Crippen LogP contribution in [0.25, 0.3) is 0 Å². The zero-order chi connectivity index (χ0) is 14.6. The smallest absolute Gasteiger partial charge is 0.300 e. The Morgan fingerprint density at radius 2 is 2.16 bits per heavy atom. The Kier molecular flexibility index (Phi) is 4.76. The number of hydrogen-bond acceptors (Lipinski definition) is 6. The second-order valence-corrected chi connectivity index (χ2v) is 4.50. The Balaban J connectivity index is 3.12. The summed E-state index contributed by atoms with van der Waals surface area (Å²) in [6.07, 6.45) is 0.868. The van der Waals surface area contributed by atoms with Crippen molar-refractivity contribution in [2.24, 2.45) is 0 Å². The first-order valence-electron chi connectivity index (χ1n) is 5.17. The maximum atomic E-state index is 11.9. The number of aliphatic hydroxyl groups is 2. The molecule has 9 heteroatoms. The molecule has 104 valence electrons. The number of nitrogens with zero attached hydrogens (tertiary/aromatic N) is 2. The maximum absolute atomic E-state index is 11.9. The van der Waals surface area contributed by atoms with E-state index in [-0.39, 0.29) is 10.7 Å². The van der Waals surface area contributed by atoms with Crippen LogP contribution in [0.15, 0.2) is 12.3 Å². The highest BCUT2D eigenvalue weighted by Crippen LogP contribution is 2.21. The summed E-state index contributed by atoms with van der Waals surface area (Å²) in [5.41, 5.74) is -2.10. The van der Waals surface area contributed by atoms with Crippen LogP contribution in [-0.2, 0) is 0 Å². The van der Waals surface area contributed by atoms with Gasteiger partial charge in [0, 0.05) is 0 Å². The molecule has 0 atom stereocenters. The van der Waals surface area contributed by atoms with Crippen LogP contribution in [0.3, 0.4) is 0 Å². The van der Waals surface area contributed by atoms with Crippen molar-refractivity contribution in [3.8, 4) is 0 Å². The molecule has 0 saturated heterocycles. The summed E-state index contributed by atoms with van der Waals surface area (Å²) in [5, 5.41) is 31.1. The summed E-state index contributed by atoms with van der Waals surface area (Å²) in [5.74, 6) is -0.832. The van der Waals surface area contributed by atoms with Crippen LogP contribution in [0.1, 0.15) is 17.3 Å². The van der Waals surface area contributed by atoms with Gasteiger partial charge in [-0.25, -0.2) is 4.98 Å². The monoisotopic (exact) mass is 289 g/mol. The van der Waals surface area contributed by atoms with Gasteiger partial charge in [0.05, 0.1) is 23.7 Å². The second kappa shape index (κ2) is 5.91. The lowest BCUT2D eigenvalue weighted by molar-refractivity contribution is -0.385. The zero-order valence-electron chi connectivity index (χ0n) is 9.96. The SMILES string of the molecule is CC(CO)(CO)NC(=O)c1cc(Cl)ncc1[N+](=O)[O-]. The molecule has 0 radical (unpaired) electrons. The van der Waals surface area contributed by atoms with Crippen molar-refractivity contribution >= 4 is 23.2 Å².